The summed E-state index contributed by atoms with van der Waals surface area (Å²) in [6.07, 6.45) is 9.12. The molecule has 0 spiro atoms. The van der Waals surface area contributed by atoms with E-state index in [0.717, 1.165) is 17.5 Å². The number of nitrogens with one attached hydrogen (secondary N) is 1. The van der Waals surface area contributed by atoms with Crippen LogP contribution in [0.3, 0.4) is 0 Å². The van der Waals surface area contributed by atoms with Crippen LogP contribution >= 0.6 is 0 Å². The zero-order valence-corrected chi connectivity index (χ0v) is 11.6. The summed E-state index contributed by atoms with van der Waals surface area (Å²) in [7, 11) is 0. The number of aromatic nitrogens is 2. The molecule has 0 radical (unpaired) electrons. The Labute approximate surface area is 123 Å². The standard InChI is InChI=1S/C16H17N3O2/c20-16(21-12-14-6-2-1-3-7-14)19-9-5-4-8-15-10-17-13-18-11-15/h1-4,6-8,10-11,13H,5,9,12H2,(H,19,20). The highest BCUT2D eigenvalue weighted by molar-refractivity contribution is 5.67. The second kappa shape index (κ2) is 8.47. The van der Waals surface area contributed by atoms with E-state index in [0.29, 0.717) is 6.54 Å². The molecule has 0 bridgehead atoms. The van der Waals surface area contributed by atoms with E-state index >= 15 is 0 Å². The van der Waals surface area contributed by atoms with Crippen molar-refractivity contribution in [3.8, 4) is 0 Å². The molecule has 0 aliphatic carbocycles. The summed E-state index contributed by atoms with van der Waals surface area (Å²) < 4.78 is 5.10. The molecule has 1 amide bonds. The van der Waals surface area contributed by atoms with Crippen LogP contribution in [0, 0.1) is 0 Å². The van der Waals surface area contributed by atoms with Crippen LogP contribution in [-0.2, 0) is 11.3 Å². The van der Waals surface area contributed by atoms with Gasteiger partial charge in [-0.25, -0.2) is 14.8 Å². The van der Waals surface area contributed by atoms with Crippen LogP contribution in [0.25, 0.3) is 6.08 Å². The summed E-state index contributed by atoms with van der Waals surface area (Å²) >= 11 is 0. The van der Waals surface area contributed by atoms with Gasteiger partial charge in [-0.1, -0.05) is 42.5 Å². The predicted molar refractivity (Wildman–Crippen MR) is 80.3 cm³/mol. The molecule has 0 atom stereocenters. The number of nitrogens with zero attached hydrogens (tertiary/aromatic N) is 2. The summed E-state index contributed by atoms with van der Waals surface area (Å²) in [5, 5.41) is 2.70. The molecule has 0 fully saturated rings. The topological polar surface area (TPSA) is 64.1 Å². The number of hydrogen-bond acceptors (Lipinski definition) is 4. The van der Waals surface area contributed by atoms with E-state index in [4.69, 9.17) is 4.74 Å². The number of rotatable bonds is 6. The lowest BCUT2D eigenvalue weighted by Gasteiger charge is -2.05. The van der Waals surface area contributed by atoms with Gasteiger partial charge in [0.15, 0.2) is 0 Å². The summed E-state index contributed by atoms with van der Waals surface area (Å²) in [6, 6.07) is 9.58. The van der Waals surface area contributed by atoms with Gasteiger partial charge < -0.3 is 10.1 Å². The molecule has 0 saturated carbocycles. The Hall–Kier alpha value is -2.69. The van der Waals surface area contributed by atoms with E-state index in [1.54, 1.807) is 12.4 Å². The van der Waals surface area contributed by atoms with E-state index in [1.807, 2.05) is 42.5 Å². The molecule has 2 rings (SSSR count). The van der Waals surface area contributed by atoms with Crippen molar-refractivity contribution in [1.82, 2.24) is 15.3 Å². The molecule has 1 aromatic carbocycles. The Kier molecular flexibility index (Phi) is 5.94. The first-order valence-corrected chi connectivity index (χ1v) is 6.71. The SMILES string of the molecule is O=C(NCCC=Cc1cncnc1)OCc1ccccc1. The molecule has 21 heavy (non-hydrogen) atoms. The first-order valence-electron chi connectivity index (χ1n) is 6.71. The second-order valence-corrected chi connectivity index (χ2v) is 4.35. The van der Waals surface area contributed by atoms with Crippen molar-refractivity contribution in [2.45, 2.75) is 13.0 Å². The highest BCUT2D eigenvalue weighted by atomic mass is 16.5. The number of ether oxygens (including phenoxy) is 1. The van der Waals surface area contributed by atoms with Crippen molar-refractivity contribution in [2.75, 3.05) is 6.54 Å². The van der Waals surface area contributed by atoms with Gasteiger partial charge in [0, 0.05) is 24.5 Å². The number of benzene rings is 1. The van der Waals surface area contributed by atoms with Crippen molar-refractivity contribution in [3.05, 3.63) is 66.3 Å². The van der Waals surface area contributed by atoms with Gasteiger partial charge in [0.25, 0.3) is 0 Å². The molecule has 1 N–H and O–H groups in total. The molecular weight excluding hydrogens is 266 g/mol. The Morgan fingerprint density at radius 1 is 1.19 bits per heavy atom. The molecule has 0 unspecified atom stereocenters. The molecule has 0 aliphatic rings. The molecule has 0 saturated heterocycles. The lowest BCUT2D eigenvalue weighted by Crippen LogP contribution is -2.24. The third-order valence-corrected chi connectivity index (χ3v) is 2.68. The average Bonchev–Trinajstić information content (AvgIpc) is 2.54. The van der Waals surface area contributed by atoms with Crippen molar-refractivity contribution in [1.29, 1.82) is 0 Å². The zero-order valence-electron chi connectivity index (χ0n) is 11.6. The Balaban J connectivity index is 1.60. The first kappa shape index (κ1) is 14.7. The molecule has 5 nitrogen and oxygen atoms in total. The van der Waals surface area contributed by atoms with Crippen LogP contribution in [-0.4, -0.2) is 22.6 Å². The summed E-state index contributed by atoms with van der Waals surface area (Å²) in [5.74, 6) is 0. The fourth-order valence-corrected chi connectivity index (χ4v) is 1.65. The van der Waals surface area contributed by atoms with Crippen molar-refractivity contribution < 1.29 is 9.53 Å². The van der Waals surface area contributed by atoms with Crippen LogP contribution < -0.4 is 5.32 Å². The number of hydrogen-bond donors (Lipinski definition) is 1. The van der Waals surface area contributed by atoms with Gasteiger partial charge in [0.2, 0.25) is 0 Å². The number of amides is 1. The van der Waals surface area contributed by atoms with Crippen LogP contribution in [0.4, 0.5) is 4.79 Å². The highest BCUT2D eigenvalue weighted by Gasteiger charge is 2.00. The second-order valence-electron chi connectivity index (χ2n) is 4.35. The summed E-state index contributed by atoms with van der Waals surface area (Å²) in [4.78, 5) is 19.3. The molecule has 5 heteroatoms. The maximum Gasteiger partial charge on any atom is 0.407 e. The molecular formula is C16H17N3O2. The third kappa shape index (κ3) is 5.86. The largest absolute Gasteiger partial charge is 0.445 e. The van der Waals surface area contributed by atoms with Crippen LogP contribution in [0.1, 0.15) is 17.5 Å². The molecule has 2 aromatic rings. The minimum Gasteiger partial charge on any atom is -0.445 e. The minimum absolute atomic E-state index is 0.282. The number of alkyl carbamates (subject to hydrolysis) is 1. The van der Waals surface area contributed by atoms with Crippen LogP contribution in [0.15, 0.2) is 55.1 Å². The Morgan fingerprint density at radius 3 is 2.71 bits per heavy atom. The lowest BCUT2D eigenvalue weighted by atomic mass is 10.2. The fourth-order valence-electron chi connectivity index (χ4n) is 1.65. The van der Waals surface area contributed by atoms with Gasteiger partial charge in [-0.15, -0.1) is 0 Å². The van der Waals surface area contributed by atoms with Crippen molar-refractivity contribution >= 4 is 12.2 Å². The smallest absolute Gasteiger partial charge is 0.407 e. The lowest BCUT2D eigenvalue weighted by molar-refractivity contribution is 0.140. The van der Waals surface area contributed by atoms with Crippen molar-refractivity contribution in [3.63, 3.8) is 0 Å². The number of carbonyl (C=O) groups is 1. The monoisotopic (exact) mass is 283 g/mol. The van der Waals surface area contributed by atoms with Gasteiger partial charge in [-0.05, 0) is 12.0 Å². The molecule has 1 aromatic heterocycles. The fraction of sp³-hybridized carbons (Fsp3) is 0.188. The van der Waals surface area contributed by atoms with Gasteiger partial charge in [-0.2, -0.15) is 0 Å². The highest BCUT2D eigenvalue weighted by Crippen LogP contribution is 2.00. The predicted octanol–water partition coefficient (Wildman–Crippen LogP) is 2.81. The summed E-state index contributed by atoms with van der Waals surface area (Å²) in [5.41, 5.74) is 1.90. The maximum absolute atomic E-state index is 11.5. The van der Waals surface area contributed by atoms with E-state index in [-0.39, 0.29) is 6.61 Å². The summed E-state index contributed by atoms with van der Waals surface area (Å²) in [6.45, 7) is 0.807. The number of carbonyl (C=O) groups excluding carboxylic acids is 1. The van der Waals surface area contributed by atoms with Gasteiger partial charge in [-0.3, -0.25) is 0 Å². The van der Waals surface area contributed by atoms with Gasteiger partial charge >= 0.3 is 6.09 Å². The Bertz CT molecular complexity index is 571. The van der Waals surface area contributed by atoms with Crippen LogP contribution in [0.5, 0.6) is 0 Å². The van der Waals surface area contributed by atoms with Gasteiger partial charge in [0.05, 0.1) is 0 Å². The molecule has 1 heterocycles. The van der Waals surface area contributed by atoms with Crippen LogP contribution in [0.2, 0.25) is 0 Å². The van der Waals surface area contributed by atoms with Gasteiger partial charge in [0.1, 0.15) is 12.9 Å². The quantitative estimate of drug-likeness (QED) is 0.828. The minimum atomic E-state index is -0.407. The first-order chi connectivity index (χ1) is 10.3. The van der Waals surface area contributed by atoms with E-state index < -0.39 is 6.09 Å². The van der Waals surface area contributed by atoms with E-state index in [1.165, 1.54) is 6.33 Å². The average molecular weight is 283 g/mol. The third-order valence-electron chi connectivity index (χ3n) is 2.68. The maximum atomic E-state index is 11.5. The van der Waals surface area contributed by atoms with E-state index in [2.05, 4.69) is 15.3 Å². The normalized spacial score (nSPS) is 10.5. The molecule has 108 valence electrons. The zero-order chi connectivity index (χ0) is 14.8. The van der Waals surface area contributed by atoms with E-state index in [9.17, 15) is 4.79 Å². The van der Waals surface area contributed by atoms with Crippen molar-refractivity contribution in [2.24, 2.45) is 0 Å². The Morgan fingerprint density at radius 2 is 1.95 bits per heavy atom. The molecule has 0 aliphatic heterocycles.